The van der Waals surface area contributed by atoms with Gasteiger partial charge in [-0.1, -0.05) is 38.5 Å². The number of phenolic OH excluding ortho intramolecular Hbond substituents is 1. The van der Waals surface area contributed by atoms with Crippen LogP contribution in [0.4, 0.5) is 0 Å². The molecule has 0 radical (unpaired) electrons. The summed E-state index contributed by atoms with van der Waals surface area (Å²) in [5.74, 6) is 0.789. The van der Waals surface area contributed by atoms with E-state index in [1.54, 1.807) is 6.07 Å². The molecule has 0 spiro atoms. The Morgan fingerprint density at radius 2 is 2.04 bits per heavy atom. The maximum Gasteiger partial charge on any atom is 0.115 e. The Labute approximate surface area is 142 Å². The summed E-state index contributed by atoms with van der Waals surface area (Å²) in [5.41, 5.74) is 10.3. The number of fused-ring (bicyclic) bond motifs is 1. The van der Waals surface area contributed by atoms with Gasteiger partial charge >= 0.3 is 0 Å². The van der Waals surface area contributed by atoms with Crippen molar-refractivity contribution in [1.29, 1.82) is 0 Å². The minimum atomic E-state index is -0.317. The molecule has 3 nitrogen and oxygen atoms in total. The Kier molecular flexibility index (Phi) is 7.30. The molecule has 0 aliphatic heterocycles. The number of likely N-dealkylation sites (N-methyl/N-ethyl adjacent to an activating group) is 1. The summed E-state index contributed by atoms with van der Waals surface area (Å²) in [6.45, 7) is 11.3. The number of hydrogen-bond donors (Lipinski definition) is 2. The van der Waals surface area contributed by atoms with Crippen molar-refractivity contribution in [2.24, 2.45) is 5.73 Å². The molecule has 0 fully saturated rings. The van der Waals surface area contributed by atoms with Crippen LogP contribution in [0.2, 0.25) is 0 Å². The molecule has 0 aromatic heterocycles. The summed E-state index contributed by atoms with van der Waals surface area (Å²) >= 11 is 0. The summed E-state index contributed by atoms with van der Waals surface area (Å²) in [5, 5.41) is 9.73. The van der Waals surface area contributed by atoms with Gasteiger partial charge in [-0.05, 0) is 62.9 Å². The topological polar surface area (TPSA) is 49.5 Å². The normalized spacial score (nSPS) is 23.4. The second-order valence-electron chi connectivity index (χ2n) is 6.77. The molecule has 130 valence electrons. The van der Waals surface area contributed by atoms with Gasteiger partial charge in [0, 0.05) is 13.0 Å². The Bertz CT molecular complexity index is 534. The van der Waals surface area contributed by atoms with Gasteiger partial charge in [-0.2, -0.15) is 0 Å². The van der Waals surface area contributed by atoms with E-state index in [0.717, 1.165) is 25.8 Å². The molecule has 0 heterocycles. The van der Waals surface area contributed by atoms with Gasteiger partial charge in [-0.25, -0.2) is 0 Å². The van der Waals surface area contributed by atoms with Crippen LogP contribution < -0.4 is 5.73 Å². The molecule has 2 rings (SSSR count). The van der Waals surface area contributed by atoms with Crippen LogP contribution in [0.5, 0.6) is 5.75 Å². The van der Waals surface area contributed by atoms with Crippen molar-refractivity contribution in [3.8, 4) is 5.75 Å². The standard InChI is InChI=1S/C18H28N2O.C2H6/c1-13(2)8-10-20(4)18(19)9-7-14(3)17-11-16(21)6-5-15(17)12-18;1-2/h5-6,8,11,14,21H,7,9-10,12,19H2,1-4H3;1-2H3/t14?,18-;/m0./s1. The molecular weight excluding hydrogens is 284 g/mol. The van der Waals surface area contributed by atoms with Crippen molar-refractivity contribution in [1.82, 2.24) is 4.90 Å². The minimum Gasteiger partial charge on any atom is -0.508 e. The second kappa shape index (κ2) is 8.51. The third kappa shape index (κ3) is 5.08. The Balaban J connectivity index is 0.00000127. The Hall–Kier alpha value is -1.32. The fourth-order valence-electron chi connectivity index (χ4n) is 3.07. The SMILES string of the molecule is CC.CC(C)=CCN(C)[C@@]1(N)CCC(C)c2cc(O)ccc2C1. The highest BCUT2D eigenvalue weighted by molar-refractivity contribution is 5.39. The van der Waals surface area contributed by atoms with Crippen LogP contribution in [-0.2, 0) is 6.42 Å². The number of benzene rings is 1. The lowest BCUT2D eigenvalue weighted by molar-refractivity contribution is 0.126. The predicted octanol–water partition coefficient (Wildman–Crippen LogP) is 4.41. The highest BCUT2D eigenvalue weighted by Gasteiger charge is 2.34. The van der Waals surface area contributed by atoms with Crippen molar-refractivity contribution >= 4 is 0 Å². The summed E-state index contributed by atoms with van der Waals surface area (Å²) in [4.78, 5) is 2.26. The van der Waals surface area contributed by atoms with Gasteiger partial charge in [0.05, 0.1) is 5.66 Å². The third-order valence-electron chi connectivity index (χ3n) is 4.70. The van der Waals surface area contributed by atoms with E-state index in [4.69, 9.17) is 5.73 Å². The molecule has 1 aliphatic carbocycles. The number of allylic oxidation sites excluding steroid dienone is 1. The van der Waals surface area contributed by atoms with Gasteiger partial charge in [-0.3, -0.25) is 4.90 Å². The number of aromatic hydroxyl groups is 1. The number of nitrogens with zero attached hydrogens (tertiary/aromatic N) is 1. The molecule has 0 saturated carbocycles. The van der Waals surface area contributed by atoms with E-state index in [1.165, 1.54) is 16.7 Å². The fraction of sp³-hybridized carbons (Fsp3) is 0.600. The zero-order valence-corrected chi connectivity index (χ0v) is 15.7. The van der Waals surface area contributed by atoms with Crippen molar-refractivity contribution in [3.63, 3.8) is 0 Å². The summed E-state index contributed by atoms with van der Waals surface area (Å²) in [7, 11) is 2.11. The highest BCUT2D eigenvalue weighted by Crippen LogP contribution is 2.36. The van der Waals surface area contributed by atoms with Gasteiger partial charge in [0.15, 0.2) is 0 Å². The lowest BCUT2D eigenvalue weighted by atomic mass is 9.94. The van der Waals surface area contributed by atoms with E-state index in [2.05, 4.69) is 38.8 Å². The fourth-order valence-corrected chi connectivity index (χ4v) is 3.07. The molecule has 3 N–H and O–H groups in total. The maximum absolute atomic E-state index is 9.73. The molecule has 1 aromatic rings. The van der Waals surface area contributed by atoms with E-state index < -0.39 is 0 Å². The van der Waals surface area contributed by atoms with Gasteiger partial charge < -0.3 is 10.8 Å². The number of nitrogens with two attached hydrogens (primary N) is 1. The third-order valence-corrected chi connectivity index (χ3v) is 4.70. The summed E-state index contributed by atoms with van der Waals surface area (Å²) in [6, 6.07) is 5.71. The van der Waals surface area contributed by atoms with E-state index in [-0.39, 0.29) is 5.66 Å². The van der Waals surface area contributed by atoms with E-state index in [0.29, 0.717) is 11.7 Å². The lowest BCUT2D eigenvalue weighted by Gasteiger charge is -2.38. The molecule has 1 unspecified atom stereocenters. The molecule has 2 atom stereocenters. The molecular formula is C20H34N2O. The average molecular weight is 319 g/mol. The van der Waals surface area contributed by atoms with Gasteiger partial charge in [0.2, 0.25) is 0 Å². The Morgan fingerprint density at radius 1 is 1.39 bits per heavy atom. The number of rotatable bonds is 3. The molecule has 3 heteroatoms. The smallest absolute Gasteiger partial charge is 0.115 e. The lowest BCUT2D eigenvalue weighted by Crippen LogP contribution is -2.55. The summed E-state index contributed by atoms with van der Waals surface area (Å²) < 4.78 is 0. The first kappa shape index (κ1) is 19.7. The molecule has 1 aliphatic rings. The predicted molar refractivity (Wildman–Crippen MR) is 99.8 cm³/mol. The van der Waals surface area contributed by atoms with Crippen LogP contribution in [0.3, 0.4) is 0 Å². The second-order valence-corrected chi connectivity index (χ2v) is 6.77. The van der Waals surface area contributed by atoms with Crippen molar-refractivity contribution in [2.45, 2.75) is 65.5 Å². The highest BCUT2D eigenvalue weighted by atomic mass is 16.3. The molecule has 23 heavy (non-hydrogen) atoms. The van der Waals surface area contributed by atoms with Crippen LogP contribution in [0.1, 0.15) is 64.5 Å². The maximum atomic E-state index is 9.73. The van der Waals surface area contributed by atoms with Crippen molar-refractivity contribution < 1.29 is 5.11 Å². The summed E-state index contributed by atoms with van der Waals surface area (Å²) in [6.07, 6.45) is 5.07. The van der Waals surface area contributed by atoms with E-state index >= 15 is 0 Å². The van der Waals surface area contributed by atoms with Gasteiger partial charge in [0.25, 0.3) is 0 Å². The molecule has 0 amide bonds. The van der Waals surface area contributed by atoms with Crippen LogP contribution >= 0.6 is 0 Å². The largest absolute Gasteiger partial charge is 0.508 e. The van der Waals surface area contributed by atoms with Crippen molar-refractivity contribution in [2.75, 3.05) is 13.6 Å². The van der Waals surface area contributed by atoms with E-state index in [1.807, 2.05) is 26.0 Å². The minimum absolute atomic E-state index is 0.317. The van der Waals surface area contributed by atoms with Crippen LogP contribution in [0.25, 0.3) is 0 Å². The monoisotopic (exact) mass is 318 g/mol. The van der Waals surface area contributed by atoms with Gasteiger partial charge in [-0.15, -0.1) is 0 Å². The zero-order chi connectivity index (χ0) is 17.6. The number of hydrogen-bond acceptors (Lipinski definition) is 3. The van der Waals surface area contributed by atoms with Crippen LogP contribution in [-0.4, -0.2) is 29.3 Å². The van der Waals surface area contributed by atoms with E-state index in [9.17, 15) is 5.11 Å². The molecule has 0 bridgehead atoms. The van der Waals surface area contributed by atoms with Crippen LogP contribution in [0, 0.1) is 0 Å². The van der Waals surface area contributed by atoms with Gasteiger partial charge in [0.1, 0.15) is 5.75 Å². The number of phenols is 1. The first-order chi connectivity index (χ1) is 10.8. The first-order valence-corrected chi connectivity index (χ1v) is 8.77. The first-order valence-electron chi connectivity index (χ1n) is 8.77. The van der Waals surface area contributed by atoms with Crippen LogP contribution in [0.15, 0.2) is 29.8 Å². The average Bonchev–Trinajstić information content (AvgIpc) is 2.65. The Morgan fingerprint density at radius 3 is 2.65 bits per heavy atom. The quantitative estimate of drug-likeness (QED) is 0.493. The molecule has 0 saturated heterocycles. The van der Waals surface area contributed by atoms with Crippen molar-refractivity contribution in [3.05, 3.63) is 41.0 Å². The molecule has 1 aromatic carbocycles. The zero-order valence-electron chi connectivity index (χ0n) is 15.7.